The van der Waals surface area contributed by atoms with Crippen molar-refractivity contribution in [3.63, 3.8) is 0 Å². The van der Waals surface area contributed by atoms with Gasteiger partial charge in [-0.3, -0.25) is 4.99 Å². The number of rotatable bonds is 11. The minimum Gasteiger partial charge on any atom is -0.297 e. The van der Waals surface area contributed by atoms with Gasteiger partial charge in [0.25, 0.3) is 0 Å². The monoisotopic (exact) mass is 307 g/mol. The second-order valence-electron chi connectivity index (χ2n) is 8.09. The summed E-state index contributed by atoms with van der Waals surface area (Å²) in [5.74, 6) is 0. The van der Waals surface area contributed by atoms with E-state index in [0.29, 0.717) is 10.8 Å². The second kappa shape index (κ2) is 10.4. The summed E-state index contributed by atoms with van der Waals surface area (Å²) in [6.07, 6.45) is 20.2. The molecule has 22 heavy (non-hydrogen) atoms. The molecular weight excluding hydrogens is 266 g/mol. The molecule has 1 heteroatoms. The van der Waals surface area contributed by atoms with Gasteiger partial charge in [0.1, 0.15) is 0 Å². The minimum atomic E-state index is 0.321. The minimum absolute atomic E-state index is 0.321. The lowest BCUT2D eigenvalue weighted by molar-refractivity contribution is 0.100. The molecule has 0 aromatic rings. The molecule has 0 aromatic heterocycles. The van der Waals surface area contributed by atoms with Crippen LogP contribution in [0.25, 0.3) is 0 Å². The van der Waals surface area contributed by atoms with E-state index < -0.39 is 0 Å². The van der Waals surface area contributed by atoms with Crippen molar-refractivity contribution >= 4 is 6.21 Å². The van der Waals surface area contributed by atoms with Crippen molar-refractivity contribution in [1.29, 1.82) is 0 Å². The van der Waals surface area contributed by atoms with Crippen LogP contribution in [-0.2, 0) is 0 Å². The fraction of sp³-hybridized carbons (Fsp3) is 0.952. The Hall–Kier alpha value is -0.330. The largest absolute Gasteiger partial charge is 0.297 e. The number of unbranched alkanes of at least 4 members (excludes halogenated alkanes) is 6. The zero-order chi connectivity index (χ0) is 16.3. The van der Waals surface area contributed by atoms with Crippen LogP contribution in [-0.4, -0.2) is 12.8 Å². The Morgan fingerprint density at radius 1 is 0.909 bits per heavy atom. The summed E-state index contributed by atoms with van der Waals surface area (Å²) in [4.78, 5) is 4.75. The molecule has 0 N–H and O–H groups in total. The Bertz CT molecular complexity index is 295. The lowest BCUT2D eigenvalue weighted by atomic mass is 9.59. The van der Waals surface area contributed by atoms with Gasteiger partial charge < -0.3 is 0 Å². The number of nitrogens with zero attached hydrogens (tertiary/aromatic N) is 1. The standard InChI is InChI=1S/C21H41N/c1-5-7-9-11-15-20(3,16-12-10-8-6-2)21(4)17-13-14-18-22-19-21/h19H,5-18H2,1-4H3. The molecule has 0 fully saturated rings. The molecule has 1 nitrogen and oxygen atoms in total. The lowest BCUT2D eigenvalue weighted by Crippen LogP contribution is -2.39. The first-order valence-corrected chi connectivity index (χ1v) is 10.1. The van der Waals surface area contributed by atoms with Gasteiger partial charge in [0.2, 0.25) is 0 Å². The second-order valence-corrected chi connectivity index (χ2v) is 8.09. The van der Waals surface area contributed by atoms with E-state index in [-0.39, 0.29) is 0 Å². The van der Waals surface area contributed by atoms with Gasteiger partial charge in [-0.1, -0.05) is 85.5 Å². The first-order valence-electron chi connectivity index (χ1n) is 10.1. The SMILES string of the molecule is CCCCCCC(C)(CCCCCC)C1(C)C=NCCCC1. The normalized spacial score (nSPS) is 22.7. The van der Waals surface area contributed by atoms with E-state index in [1.54, 1.807) is 0 Å². The van der Waals surface area contributed by atoms with E-state index >= 15 is 0 Å². The van der Waals surface area contributed by atoms with Gasteiger partial charge >= 0.3 is 0 Å². The average molecular weight is 308 g/mol. The summed E-state index contributed by atoms with van der Waals surface area (Å²) in [5.41, 5.74) is 0.768. The molecule has 1 rings (SSSR count). The smallest absolute Gasteiger partial charge is 0.0385 e. The zero-order valence-corrected chi connectivity index (χ0v) is 15.9. The Morgan fingerprint density at radius 3 is 2.05 bits per heavy atom. The van der Waals surface area contributed by atoms with Gasteiger partial charge in [0.05, 0.1) is 0 Å². The third kappa shape index (κ3) is 6.05. The fourth-order valence-electron chi connectivity index (χ4n) is 4.06. The van der Waals surface area contributed by atoms with E-state index in [1.807, 2.05) is 0 Å². The molecule has 130 valence electrons. The molecular formula is C21H41N. The molecule has 0 aliphatic carbocycles. The maximum atomic E-state index is 4.75. The van der Waals surface area contributed by atoms with Crippen molar-refractivity contribution in [2.24, 2.45) is 15.8 Å². The maximum Gasteiger partial charge on any atom is 0.0385 e. The molecule has 0 radical (unpaired) electrons. The van der Waals surface area contributed by atoms with Crippen LogP contribution in [0.4, 0.5) is 0 Å². The highest BCUT2D eigenvalue weighted by molar-refractivity contribution is 5.67. The molecule has 0 saturated carbocycles. The van der Waals surface area contributed by atoms with Crippen LogP contribution in [0, 0.1) is 10.8 Å². The van der Waals surface area contributed by atoms with Crippen molar-refractivity contribution < 1.29 is 0 Å². The van der Waals surface area contributed by atoms with Gasteiger partial charge in [0, 0.05) is 18.2 Å². The third-order valence-electron chi connectivity index (χ3n) is 6.15. The van der Waals surface area contributed by atoms with Crippen molar-refractivity contribution in [3.8, 4) is 0 Å². The van der Waals surface area contributed by atoms with Crippen molar-refractivity contribution in [2.75, 3.05) is 6.54 Å². The first kappa shape index (κ1) is 19.7. The van der Waals surface area contributed by atoms with Crippen molar-refractivity contribution in [2.45, 2.75) is 111 Å². The Labute approximate surface area is 140 Å². The summed E-state index contributed by atoms with van der Waals surface area (Å²) < 4.78 is 0. The van der Waals surface area contributed by atoms with Gasteiger partial charge in [-0.05, 0) is 31.1 Å². The highest BCUT2D eigenvalue weighted by Crippen LogP contribution is 2.49. The van der Waals surface area contributed by atoms with E-state index in [2.05, 4.69) is 33.9 Å². The van der Waals surface area contributed by atoms with Crippen LogP contribution in [0.3, 0.4) is 0 Å². The Kier molecular flexibility index (Phi) is 9.36. The van der Waals surface area contributed by atoms with Gasteiger partial charge in [0.15, 0.2) is 0 Å². The van der Waals surface area contributed by atoms with E-state index in [9.17, 15) is 0 Å². The molecule has 1 atom stereocenters. The highest BCUT2D eigenvalue weighted by atomic mass is 14.7. The molecule has 0 bridgehead atoms. The predicted molar refractivity (Wildman–Crippen MR) is 101 cm³/mol. The van der Waals surface area contributed by atoms with Crippen LogP contribution >= 0.6 is 0 Å². The summed E-state index contributed by atoms with van der Waals surface area (Å²) in [5, 5.41) is 0. The maximum absolute atomic E-state index is 4.75. The zero-order valence-electron chi connectivity index (χ0n) is 15.9. The molecule has 1 aliphatic heterocycles. The number of hydrogen-bond acceptors (Lipinski definition) is 1. The lowest BCUT2D eigenvalue weighted by Gasteiger charge is -2.45. The summed E-state index contributed by atoms with van der Waals surface area (Å²) in [6, 6.07) is 0. The van der Waals surface area contributed by atoms with E-state index in [4.69, 9.17) is 4.99 Å². The number of aliphatic imine (C=N–C) groups is 1. The first-order chi connectivity index (χ1) is 10.6. The molecule has 1 unspecified atom stereocenters. The quantitative estimate of drug-likeness (QED) is 0.358. The van der Waals surface area contributed by atoms with E-state index in [1.165, 1.54) is 83.5 Å². The van der Waals surface area contributed by atoms with Crippen LogP contribution < -0.4 is 0 Å². The van der Waals surface area contributed by atoms with Gasteiger partial charge in [-0.25, -0.2) is 0 Å². The Morgan fingerprint density at radius 2 is 1.50 bits per heavy atom. The highest BCUT2D eigenvalue weighted by Gasteiger charge is 2.42. The summed E-state index contributed by atoms with van der Waals surface area (Å²) in [6.45, 7) is 10.7. The number of hydrogen-bond donors (Lipinski definition) is 0. The van der Waals surface area contributed by atoms with Gasteiger partial charge in [-0.2, -0.15) is 0 Å². The molecule has 0 amide bonds. The molecule has 0 aromatic carbocycles. The van der Waals surface area contributed by atoms with Crippen LogP contribution in [0.2, 0.25) is 0 Å². The van der Waals surface area contributed by atoms with E-state index in [0.717, 1.165) is 6.54 Å². The topological polar surface area (TPSA) is 12.4 Å². The van der Waals surface area contributed by atoms with Crippen LogP contribution in [0.5, 0.6) is 0 Å². The van der Waals surface area contributed by atoms with Crippen molar-refractivity contribution in [3.05, 3.63) is 0 Å². The van der Waals surface area contributed by atoms with Crippen LogP contribution in [0.15, 0.2) is 4.99 Å². The summed E-state index contributed by atoms with van der Waals surface area (Å²) in [7, 11) is 0. The fourth-order valence-corrected chi connectivity index (χ4v) is 4.06. The predicted octanol–water partition coefficient (Wildman–Crippen LogP) is 7.19. The Balaban J connectivity index is 2.69. The third-order valence-corrected chi connectivity index (χ3v) is 6.15. The molecule has 1 aliphatic rings. The molecule has 1 heterocycles. The van der Waals surface area contributed by atoms with Crippen LogP contribution in [0.1, 0.15) is 111 Å². The molecule has 0 spiro atoms. The average Bonchev–Trinajstić information content (AvgIpc) is 2.74. The van der Waals surface area contributed by atoms with Crippen molar-refractivity contribution in [1.82, 2.24) is 0 Å². The summed E-state index contributed by atoms with van der Waals surface area (Å²) >= 11 is 0. The van der Waals surface area contributed by atoms with Gasteiger partial charge in [-0.15, -0.1) is 0 Å². The molecule has 0 saturated heterocycles.